The highest BCUT2D eigenvalue weighted by molar-refractivity contribution is 5.79. The zero-order chi connectivity index (χ0) is 14.1. The van der Waals surface area contributed by atoms with Gasteiger partial charge in [0.05, 0.1) is 10.8 Å². The summed E-state index contributed by atoms with van der Waals surface area (Å²) >= 11 is 0. The molecule has 0 unspecified atom stereocenters. The first-order valence-electron chi connectivity index (χ1n) is 6.31. The summed E-state index contributed by atoms with van der Waals surface area (Å²) in [6, 6.07) is 14.2. The first kappa shape index (κ1) is 12.3. The van der Waals surface area contributed by atoms with Crippen LogP contribution in [0.2, 0.25) is 0 Å². The number of anilines is 1. The number of benzene rings is 2. The van der Waals surface area contributed by atoms with Gasteiger partial charge in [0.2, 0.25) is 0 Å². The van der Waals surface area contributed by atoms with Gasteiger partial charge in [-0.05, 0) is 45.7 Å². The lowest BCUT2D eigenvalue weighted by atomic mass is 10.1. The van der Waals surface area contributed by atoms with Crippen molar-refractivity contribution in [1.82, 2.24) is 0 Å². The van der Waals surface area contributed by atoms with Gasteiger partial charge >= 0.3 is 5.84 Å². The Morgan fingerprint density at radius 1 is 1.20 bits per heavy atom. The second-order valence-electron chi connectivity index (χ2n) is 4.73. The van der Waals surface area contributed by atoms with Crippen molar-refractivity contribution in [3.8, 4) is 11.1 Å². The number of hydrogen-bond donors (Lipinski definition) is 1. The van der Waals surface area contributed by atoms with Crippen molar-refractivity contribution in [2.75, 3.05) is 5.43 Å². The molecule has 0 fully saturated rings. The number of fused-ring (bicyclic) bond motifs is 3. The maximum Gasteiger partial charge on any atom is 0.360 e. The van der Waals surface area contributed by atoms with E-state index in [1.807, 2.05) is 30.3 Å². The molecule has 2 aromatic rings. The molecule has 0 saturated heterocycles. The Morgan fingerprint density at radius 2 is 1.95 bits per heavy atom. The summed E-state index contributed by atoms with van der Waals surface area (Å²) in [7, 11) is 0. The van der Waals surface area contributed by atoms with Crippen molar-refractivity contribution in [3.63, 3.8) is 0 Å². The van der Waals surface area contributed by atoms with Crippen molar-refractivity contribution >= 4 is 11.5 Å². The average Bonchev–Trinajstić information content (AvgIpc) is 2.82. The van der Waals surface area contributed by atoms with Crippen molar-refractivity contribution in [1.29, 1.82) is 0 Å². The van der Waals surface area contributed by atoms with Gasteiger partial charge in [0.1, 0.15) is 0 Å². The molecular formula is C15H13N3O2. The molecule has 0 radical (unpaired) electrons. The monoisotopic (exact) mass is 267 g/mol. The van der Waals surface area contributed by atoms with Gasteiger partial charge in [0.25, 0.3) is 0 Å². The summed E-state index contributed by atoms with van der Waals surface area (Å²) in [5.74, 6) is -0.159. The van der Waals surface area contributed by atoms with Gasteiger partial charge in [0, 0.05) is 6.92 Å². The van der Waals surface area contributed by atoms with Crippen molar-refractivity contribution in [3.05, 3.63) is 63.7 Å². The molecule has 1 aliphatic carbocycles. The lowest BCUT2D eigenvalue weighted by Crippen LogP contribution is -2.08. The van der Waals surface area contributed by atoms with Crippen molar-refractivity contribution in [2.45, 2.75) is 13.3 Å². The highest BCUT2D eigenvalue weighted by atomic mass is 16.6. The summed E-state index contributed by atoms with van der Waals surface area (Å²) in [5.41, 5.74) is 8.50. The molecule has 100 valence electrons. The van der Waals surface area contributed by atoms with Gasteiger partial charge in [-0.2, -0.15) is 5.43 Å². The zero-order valence-electron chi connectivity index (χ0n) is 11.0. The Kier molecular flexibility index (Phi) is 2.95. The fourth-order valence-electron chi connectivity index (χ4n) is 2.40. The van der Waals surface area contributed by atoms with Gasteiger partial charge in [-0.3, -0.25) is 0 Å². The third kappa shape index (κ3) is 2.14. The maximum absolute atomic E-state index is 10.5. The Bertz CT molecular complexity index is 723. The SMILES string of the molecule is C/C(=N\Nc1ccc2c(c1)Cc1ccccc1-2)[N+](=O)[O-]. The van der Waals surface area contributed by atoms with E-state index in [1.165, 1.54) is 29.2 Å². The maximum atomic E-state index is 10.5. The van der Waals surface area contributed by atoms with E-state index in [0.717, 1.165) is 12.1 Å². The van der Waals surface area contributed by atoms with Crippen LogP contribution in [-0.2, 0) is 6.42 Å². The zero-order valence-corrected chi connectivity index (χ0v) is 11.0. The number of nitrogens with zero attached hydrogens (tertiary/aromatic N) is 2. The highest BCUT2D eigenvalue weighted by Crippen LogP contribution is 2.37. The van der Waals surface area contributed by atoms with E-state index in [0.29, 0.717) is 0 Å². The third-order valence-electron chi connectivity index (χ3n) is 3.40. The molecule has 0 atom stereocenters. The first-order valence-corrected chi connectivity index (χ1v) is 6.31. The van der Waals surface area contributed by atoms with Crippen LogP contribution in [0.5, 0.6) is 0 Å². The summed E-state index contributed by atoms with van der Waals surface area (Å²) in [6.45, 7) is 1.36. The van der Waals surface area contributed by atoms with E-state index in [9.17, 15) is 10.1 Å². The van der Waals surface area contributed by atoms with Crippen LogP contribution in [0.3, 0.4) is 0 Å². The Balaban J connectivity index is 1.88. The van der Waals surface area contributed by atoms with Crippen LogP contribution < -0.4 is 5.43 Å². The molecule has 0 bridgehead atoms. The van der Waals surface area contributed by atoms with Crippen LogP contribution in [0.25, 0.3) is 11.1 Å². The van der Waals surface area contributed by atoms with Gasteiger partial charge < -0.3 is 10.1 Å². The van der Waals surface area contributed by atoms with Gasteiger partial charge in [-0.1, -0.05) is 30.3 Å². The summed E-state index contributed by atoms with van der Waals surface area (Å²) in [5, 5.41) is 14.2. The molecule has 1 N–H and O–H groups in total. The lowest BCUT2D eigenvalue weighted by Gasteiger charge is -2.02. The molecule has 3 rings (SSSR count). The number of rotatable bonds is 2. The van der Waals surface area contributed by atoms with Crippen LogP contribution >= 0.6 is 0 Å². The predicted octanol–water partition coefficient (Wildman–Crippen LogP) is 3.28. The van der Waals surface area contributed by atoms with E-state index in [2.05, 4.69) is 22.7 Å². The third-order valence-corrected chi connectivity index (χ3v) is 3.40. The molecule has 0 aliphatic heterocycles. The van der Waals surface area contributed by atoms with Gasteiger partial charge in [0.15, 0.2) is 0 Å². The number of hydrogen-bond acceptors (Lipinski definition) is 4. The highest BCUT2D eigenvalue weighted by Gasteiger charge is 2.18. The number of amidine groups is 1. The normalized spacial score (nSPS) is 12.8. The molecule has 0 amide bonds. The average molecular weight is 267 g/mol. The topological polar surface area (TPSA) is 67.5 Å². The second kappa shape index (κ2) is 4.77. The van der Waals surface area contributed by atoms with Crippen molar-refractivity contribution in [2.24, 2.45) is 5.10 Å². The largest absolute Gasteiger partial charge is 0.360 e. The summed E-state index contributed by atoms with van der Waals surface area (Å²) in [4.78, 5) is 9.97. The number of nitrogens with one attached hydrogen (secondary N) is 1. The van der Waals surface area contributed by atoms with E-state index in [1.54, 1.807) is 0 Å². The number of nitro groups is 1. The molecule has 5 nitrogen and oxygen atoms in total. The Labute approximate surface area is 116 Å². The minimum Gasteiger partial charge on any atom is -0.358 e. The molecule has 0 saturated carbocycles. The first-order chi connectivity index (χ1) is 9.65. The molecular weight excluding hydrogens is 254 g/mol. The predicted molar refractivity (Wildman–Crippen MR) is 78.4 cm³/mol. The van der Waals surface area contributed by atoms with E-state index < -0.39 is 4.92 Å². The molecule has 20 heavy (non-hydrogen) atoms. The minimum absolute atomic E-state index is 0.159. The van der Waals surface area contributed by atoms with Crippen LogP contribution in [0.4, 0.5) is 5.69 Å². The summed E-state index contributed by atoms with van der Waals surface area (Å²) in [6.07, 6.45) is 0.888. The van der Waals surface area contributed by atoms with Crippen LogP contribution in [0, 0.1) is 10.1 Å². The molecule has 0 heterocycles. The van der Waals surface area contributed by atoms with Gasteiger partial charge in [-0.25, -0.2) is 0 Å². The van der Waals surface area contributed by atoms with Crippen LogP contribution in [0.15, 0.2) is 47.6 Å². The van der Waals surface area contributed by atoms with E-state index in [-0.39, 0.29) is 5.84 Å². The summed E-state index contributed by atoms with van der Waals surface area (Å²) < 4.78 is 0. The Hall–Kier alpha value is -2.69. The second-order valence-corrected chi connectivity index (χ2v) is 4.73. The van der Waals surface area contributed by atoms with E-state index >= 15 is 0 Å². The fraction of sp³-hybridized carbons (Fsp3) is 0.133. The number of hydrazone groups is 1. The van der Waals surface area contributed by atoms with Crippen LogP contribution in [-0.4, -0.2) is 10.8 Å². The van der Waals surface area contributed by atoms with E-state index in [4.69, 9.17) is 0 Å². The van der Waals surface area contributed by atoms with Crippen molar-refractivity contribution < 1.29 is 4.92 Å². The smallest absolute Gasteiger partial charge is 0.358 e. The Morgan fingerprint density at radius 3 is 2.75 bits per heavy atom. The van der Waals surface area contributed by atoms with Gasteiger partial charge in [-0.15, -0.1) is 0 Å². The quantitative estimate of drug-likeness (QED) is 0.335. The fourth-order valence-corrected chi connectivity index (χ4v) is 2.40. The minimum atomic E-state index is -0.518. The molecule has 5 heteroatoms. The standard InChI is InChI=1S/C15H13N3O2/c1-10(18(19)20)16-17-13-6-7-15-12(9-13)8-11-4-2-3-5-14(11)15/h2-7,9,17H,8H2,1H3/b16-10+. The molecule has 1 aliphatic rings. The molecule has 0 aromatic heterocycles. The van der Waals surface area contributed by atoms with Crippen LogP contribution in [0.1, 0.15) is 18.1 Å². The molecule has 0 spiro atoms. The lowest BCUT2D eigenvalue weighted by molar-refractivity contribution is -0.351. The molecule has 2 aromatic carbocycles.